The number of halogens is 3. The van der Waals surface area contributed by atoms with Crippen LogP contribution < -0.4 is 5.32 Å². The van der Waals surface area contributed by atoms with E-state index in [4.69, 9.17) is 0 Å². The molecule has 0 aliphatic heterocycles. The summed E-state index contributed by atoms with van der Waals surface area (Å²) in [6, 6.07) is -1.59. The van der Waals surface area contributed by atoms with Crippen molar-refractivity contribution < 1.29 is 27.5 Å². The van der Waals surface area contributed by atoms with Crippen molar-refractivity contribution in [2.75, 3.05) is 7.11 Å². The lowest BCUT2D eigenvalue weighted by Gasteiger charge is -2.13. The number of alkyl halides is 3. The van der Waals surface area contributed by atoms with Crippen LogP contribution in [-0.4, -0.2) is 31.7 Å². The lowest BCUT2D eigenvalue weighted by Crippen LogP contribution is -2.39. The SMILES string of the molecule is COC(=O)N[C@H](C=O)CC(F)(F)F. The van der Waals surface area contributed by atoms with Crippen molar-refractivity contribution in [3.05, 3.63) is 0 Å². The van der Waals surface area contributed by atoms with Gasteiger partial charge in [0.15, 0.2) is 0 Å². The molecule has 0 fully saturated rings. The number of hydrogen-bond donors (Lipinski definition) is 1. The van der Waals surface area contributed by atoms with Gasteiger partial charge in [-0.05, 0) is 0 Å². The molecule has 0 aromatic heterocycles. The lowest BCUT2D eigenvalue weighted by molar-refractivity contribution is -0.143. The van der Waals surface area contributed by atoms with E-state index in [1.807, 2.05) is 0 Å². The van der Waals surface area contributed by atoms with Crippen LogP contribution in [0.2, 0.25) is 0 Å². The summed E-state index contributed by atoms with van der Waals surface area (Å²) < 4.78 is 39.1. The third-order valence-electron chi connectivity index (χ3n) is 1.10. The van der Waals surface area contributed by atoms with Crippen molar-refractivity contribution >= 4 is 12.4 Å². The van der Waals surface area contributed by atoms with Crippen LogP contribution in [0.25, 0.3) is 0 Å². The molecule has 76 valence electrons. The normalized spacial score (nSPS) is 13.2. The number of ether oxygens (including phenoxy) is 1. The van der Waals surface area contributed by atoms with Gasteiger partial charge in [0.25, 0.3) is 0 Å². The van der Waals surface area contributed by atoms with Crippen LogP contribution >= 0.6 is 0 Å². The van der Waals surface area contributed by atoms with Gasteiger partial charge in [0.2, 0.25) is 0 Å². The number of carbonyl (C=O) groups excluding carboxylic acids is 2. The van der Waals surface area contributed by atoms with Gasteiger partial charge in [0, 0.05) is 0 Å². The minimum absolute atomic E-state index is 0.00438. The van der Waals surface area contributed by atoms with Crippen LogP contribution in [0.15, 0.2) is 0 Å². The second-order valence-electron chi connectivity index (χ2n) is 2.20. The van der Waals surface area contributed by atoms with Gasteiger partial charge >= 0.3 is 12.3 Å². The molecule has 4 nitrogen and oxygen atoms in total. The van der Waals surface area contributed by atoms with Gasteiger partial charge in [-0.15, -0.1) is 0 Å². The van der Waals surface area contributed by atoms with E-state index in [1.54, 1.807) is 5.32 Å². The molecular weight excluding hydrogens is 191 g/mol. The largest absolute Gasteiger partial charge is 0.453 e. The van der Waals surface area contributed by atoms with Crippen LogP contribution in [0.3, 0.4) is 0 Å². The van der Waals surface area contributed by atoms with E-state index in [1.165, 1.54) is 0 Å². The highest BCUT2D eigenvalue weighted by Crippen LogP contribution is 2.20. The highest BCUT2D eigenvalue weighted by molar-refractivity contribution is 5.72. The number of aldehydes is 1. The van der Waals surface area contributed by atoms with Crippen molar-refractivity contribution in [3.8, 4) is 0 Å². The highest BCUT2D eigenvalue weighted by Gasteiger charge is 2.32. The summed E-state index contributed by atoms with van der Waals surface area (Å²) in [5.41, 5.74) is 0. The smallest absolute Gasteiger partial charge is 0.407 e. The number of nitrogens with one attached hydrogen (secondary N) is 1. The summed E-state index contributed by atoms with van der Waals surface area (Å²) in [6.07, 6.45) is -6.95. The number of rotatable bonds is 3. The zero-order valence-corrected chi connectivity index (χ0v) is 6.72. The van der Waals surface area contributed by atoms with Crippen LogP contribution in [0.4, 0.5) is 18.0 Å². The average molecular weight is 199 g/mol. The molecule has 0 heterocycles. The summed E-state index contributed by atoms with van der Waals surface area (Å²) in [5.74, 6) is 0. The molecule has 0 aromatic rings. The predicted molar refractivity (Wildman–Crippen MR) is 36.1 cm³/mol. The molecule has 0 aromatic carbocycles. The fourth-order valence-electron chi connectivity index (χ4n) is 0.593. The Morgan fingerprint density at radius 1 is 1.62 bits per heavy atom. The van der Waals surface area contributed by atoms with Gasteiger partial charge < -0.3 is 14.8 Å². The molecule has 0 unspecified atom stereocenters. The molecule has 1 N–H and O–H groups in total. The van der Waals surface area contributed by atoms with E-state index in [2.05, 4.69) is 4.74 Å². The first-order valence-electron chi connectivity index (χ1n) is 3.25. The Morgan fingerprint density at radius 3 is 2.46 bits per heavy atom. The molecule has 0 radical (unpaired) electrons. The quantitative estimate of drug-likeness (QED) is 0.686. The Kier molecular flexibility index (Phi) is 4.22. The summed E-state index contributed by atoms with van der Waals surface area (Å²) in [6.45, 7) is 0. The van der Waals surface area contributed by atoms with Crippen molar-refractivity contribution in [2.24, 2.45) is 0 Å². The number of carbonyl (C=O) groups is 2. The standard InChI is InChI=1S/C6H8F3NO3/c1-13-5(12)10-4(3-11)2-6(7,8)9/h3-4H,2H2,1H3,(H,10,12)/t4-/m0/s1. The minimum atomic E-state index is -4.49. The first-order valence-corrected chi connectivity index (χ1v) is 3.25. The lowest BCUT2D eigenvalue weighted by atomic mass is 10.2. The van der Waals surface area contributed by atoms with E-state index in [0.29, 0.717) is 0 Å². The summed E-state index contributed by atoms with van der Waals surface area (Å²) in [7, 11) is 0.991. The summed E-state index contributed by atoms with van der Waals surface area (Å²) in [4.78, 5) is 20.5. The molecule has 7 heteroatoms. The minimum Gasteiger partial charge on any atom is -0.453 e. The number of alkyl carbamates (subject to hydrolysis) is 1. The average Bonchev–Trinajstić information content (AvgIpc) is 2.00. The maximum Gasteiger partial charge on any atom is 0.407 e. The van der Waals surface area contributed by atoms with E-state index in [-0.39, 0.29) is 6.29 Å². The molecule has 1 amide bonds. The fraction of sp³-hybridized carbons (Fsp3) is 0.667. The molecule has 0 spiro atoms. The van der Waals surface area contributed by atoms with Crippen molar-refractivity contribution in [1.29, 1.82) is 0 Å². The number of methoxy groups -OCH3 is 1. The third-order valence-corrected chi connectivity index (χ3v) is 1.10. The molecule has 0 bridgehead atoms. The predicted octanol–water partition coefficient (Wildman–Crippen LogP) is 0.862. The molecule has 0 rings (SSSR count). The topological polar surface area (TPSA) is 55.4 Å². The molecule has 0 aliphatic rings. The van der Waals surface area contributed by atoms with Gasteiger partial charge in [-0.3, -0.25) is 0 Å². The van der Waals surface area contributed by atoms with Gasteiger partial charge in [-0.2, -0.15) is 13.2 Å². The van der Waals surface area contributed by atoms with Gasteiger partial charge in [-0.25, -0.2) is 4.79 Å². The van der Waals surface area contributed by atoms with Crippen LogP contribution in [-0.2, 0) is 9.53 Å². The Labute approximate surface area is 72.0 Å². The first-order chi connectivity index (χ1) is 5.89. The Bertz CT molecular complexity index is 192. The third kappa shape index (κ3) is 5.94. The molecule has 1 atom stereocenters. The van der Waals surface area contributed by atoms with Crippen LogP contribution in [0, 0.1) is 0 Å². The van der Waals surface area contributed by atoms with Gasteiger partial charge in [-0.1, -0.05) is 0 Å². The van der Waals surface area contributed by atoms with E-state index in [9.17, 15) is 22.8 Å². The van der Waals surface area contributed by atoms with E-state index < -0.39 is 24.7 Å². The van der Waals surface area contributed by atoms with Crippen molar-refractivity contribution in [3.63, 3.8) is 0 Å². The van der Waals surface area contributed by atoms with Crippen LogP contribution in [0.5, 0.6) is 0 Å². The van der Waals surface area contributed by atoms with Gasteiger partial charge in [0.05, 0.1) is 19.6 Å². The molecule has 0 saturated carbocycles. The van der Waals surface area contributed by atoms with Crippen molar-refractivity contribution in [2.45, 2.75) is 18.6 Å². The Morgan fingerprint density at radius 2 is 2.15 bits per heavy atom. The zero-order valence-electron chi connectivity index (χ0n) is 6.72. The summed E-state index contributed by atoms with van der Waals surface area (Å²) in [5, 5.41) is 1.72. The molecule has 0 aliphatic carbocycles. The Balaban J connectivity index is 4.04. The highest BCUT2D eigenvalue weighted by atomic mass is 19.4. The van der Waals surface area contributed by atoms with E-state index >= 15 is 0 Å². The van der Waals surface area contributed by atoms with Crippen molar-refractivity contribution in [1.82, 2.24) is 5.32 Å². The molecular formula is C6H8F3NO3. The Hall–Kier alpha value is -1.27. The van der Waals surface area contributed by atoms with Gasteiger partial charge in [0.1, 0.15) is 6.29 Å². The molecule has 13 heavy (non-hydrogen) atoms. The second kappa shape index (κ2) is 4.68. The maximum atomic E-state index is 11.7. The van der Waals surface area contributed by atoms with Crippen LogP contribution in [0.1, 0.15) is 6.42 Å². The van der Waals surface area contributed by atoms with E-state index in [0.717, 1.165) is 7.11 Å². The number of hydrogen-bond acceptors (Lipinski definition) is 3. The monoisotopic (exact) mass is 199 g/mol. The summed E-state index contributed by atoms with van der Waals surface area (Å²) >= 11 is 0. The number of amides is 1. The molecule has 0 saturated heterocycles. The maximum absolute atomic E-state index is 11.7. The zero-order chi connectivity index (χ0) is 10.5. The fourth-order valence-corrected chi connectivity index (χ4v) is 0.593. The second-order valence-corrected chi connectivity index (χ2v) is 2.20. The first kappa shape index (κ1) is 11.7.